The predicted octanol–water partition coefficient (Wildman–Crippen LogP) is 1.08. The minimum absolute atomic E-state index is 0.0138. The molecule has 2 rings (SSSR count). The van der Waals surface area contributed by atoms with Gasteiger partial charge in [-0.2, -0.15) is 0 Å². The first-order valence-corrected chi connectivity index (χ1v) is 6.58. The molecule has 1 aromatic carbocycles. The number of hydrogen-bond acceptors (Lipinski definition) is 4. The second kappa shape index (κ2) is 6.18. The van der Waals surface area contributed by atoms with E-state index in [1.807, 2.05) is 6.07 Å². The molecule has 0 spiro atoms. The van der Waals surface area contributed by atoms with E-state index in [0.29, 0.717) is 0 Å². The van der Waals surface area contributed by atoms with Gasteiger partial charge in [-0.3, -0.25) is 0 Å². The van der Waals surface area contributed by atoms with Gasteiger partial charge in [0.05, 0.1) is 25.9 Å². The molecule has 0 saturated carbocycles. The Balaban J connectivity index is 2.24. The number of ether oxygens (including phenoxy) is 1. The van der Waals surface area contributed by atoms with E-state index in [9.17, 15) is 0 Å². The van der Waals surface area contributed by atoms with E-state index in [4.69, 9.17) is 15.6 Å². The second-order valence-corrected chi connectivity index (χ2v) is 4.63. The van der Waals surface area contributed by atoms with Crippen LogP contribution >= 0.6 is 0 Å². The molecule has 0 amide bonds. The maximum absolute atomic E-state index is 9.12. The molecule has 18 heavy (non-hydrogen) atoms. The molecule has 1 saturated heterocycles. The molecule has 100 valence electrons. The molecule has 1 heterocycles. The Bertz CT molecular complexity index is 389. The summed E-state index contributed by atoms with van der Waals surface area (Å²) in [7, 11) is 0. The van der Waals surface area contributed by atoms with Gasteiger partial charge in [-0.05, 0) is 23.6 Å². The van der Waals surface area contributed by atoms with Gasteiger partial charge in [0.15, 0.2) is 0 Å². The van der Waals surface area contributed by atoms with Crippen molar-refractivity contribution in [2.75, 3.05) is 37.8 Å². The van der Waals surface area contributed by atoms with Gasteiger partial charge in [-0.15, -0.1) is 0 Å². The van der Waals surface area contributed by atoms with E-state index in [1.165, 1.54) is 11.3 Å². The van der Waals surface area contributed by atoms with Crippen molar-refractivity contribution in [1.29, 1.82) is 0 Å². The lowest BCUT2D eigenvalue weighted by Gasteiger charge is -2.31. The van der Waals surface area contributed by atoms with Gasteiger partial charge in [0.25, 0.3) is 0 Å². The van der Waals surface area contributed by atoms with Gasteiger partial charge in [0.2, 0.25) is 0 Å². The van der Waals surface area contributed by atoms with Crippen LogP contribution in [-0.4, -0.2) is 38.0 Å². The number of morpholine rings is 1. The van der Waals surface area contributed by atoms with Crippen LogP contribution in [0.3, 0.4) is 0 Å². The monoisotopic (exact) mass is 250 g/mol. The Kier molecular flexibility index (Phi) is 4.58. The minimum atomic E-state index is -0.283. The second-order valence-electron chi connectivity index (χ2n) is 4.63. The van der Waals surface area contributed by atoms with Crippen LogP contribution in [0.1, 0.15) is 24.1 Å². The number of anilines is 1. The molecule has 1 aromatic rings. The zero-order valence-electron chi connectivity index (χ0n) is 10.9. The van der Waals surface area contributed by atoms with Crippen LogP contribution in [0.25, 0.3) is 0 Å². The lowest BCUT2D eigenvalue weighted by Crippen LogP contribution is -2.36. The molecule has 1 fully saturated rings. The normalized spacial score (nSPS) is 17.8. The first-order chi connectivity index (χ1) is 8.76. The van der Waals surface area contributed by atoms with Gasteiger partial charge in [0, 0.05) is 18.8 Å². The van der Waals surface area contributed by atoms with Crippen molar-refractivity contribution in [2.45, 2.75) is 19.4 Å². The fourth-order valence-electron chi connectivity index (χ4n) is 2.34. The van der Waals surface area contributed by atoms with Crippen molar-refractivity contribution in [3.05, 3.63) is 29.3 Å². The van der Waals surface area contributed by atoms with Crippen LogP contribution in [0, 0.1) is 0 Å². The van der Waals surface area contributed by atoms with Crippen LogP contribution in [-0.2, 0) is 11.2 Å². The molecule has 0 radical (unpaired) electrons. The lowest BCUT2D eigenvalue weighted by molar-refractivity contribution is 0.122. The van der Waals surface area contributed by atoms with Crippen LogP contribution in [0.4, 0.5) is 5.69 Å². The number of nitrogens with two attached hydrogens (primary N) is 1. The Morgan fingerprint density at radius 1 is 1.39 bits per heavy atom. The van der Waals surface area contributed by atoms with E-state index >= 15 is 0 Å². The van der Waals surface area contributed by atoms with Crippen LogP contribution in [0.2, 0.25) is 0 Å². The molecular formula is C14H22N2O2. The molecule has 0 aliphatic carbocycles. The number of rotatable bonds is 4. The molecule has 1 aliphatic rings. The van der Waals surface area contributed by atoms with Crippen molar-refractivity contribution >= 4 is 5.69 Å². The van der Waals surface area contributed by atoms with Gasteiger partial charge >= 0.3 is 0 Å². The smallest absolute Gasteiger partial charge is 0.0642 e. The summed E-state index contributed by atoms with van der Waals surface area (Å²) in [5.41, 5.74) is 9.43. The summed E-state index contributed by atoms with van der Waals surface area (Å²) in [6, 6.07) is 5.97. The highest BCUT2D eigenvalue weighted by molar-refractivity contribution is 5.55. The van der Waals surface area contributed by atoms with E-state index in [-0.39, 0.29) is 12.6 Å². The lowest BCUT2D eigenvalue weighted by atomic mass is 10.0. The molecular weight excluding hydrogens is 228 g/mol. The van der Waals surface area contributed by atoms with Crippen molar-refractivity contribution < 1.29 is 9.84 Å². The van der Waals surface area contributed by atoms with Crippen molar-refractivity contribution in [3.63, 3.8) is 0 Å². The summed E-state index contributed by atoms with van der Waals surface area (Å²) in [6.45, 7) is 5.60. The average Bonchev–Trinajstić information content (AvgIpc) is 2.46. The van der Waals surface area contributed by atoms with Gasteiger partial charge in [-0.25, -0.2) is 0 Å². The van der Waals surface area contributed by atoms with E-state index in [2.05, 4.69) is 24.0 Å². The number of benzene rings is 1. The number of aliphatic hydroxyl groups excluding tert-OH is 1. The highest BCUT2D eigenvalue weighted by Gasteiger charge is 2.15. The number of hydrogen-bond donors (Lipinski definition) is 2. The molecule has 4 heteroatoms. The quantitative estimate of drug-likeness (QED) is 0.839. The molecule has 3 N–H and O–H groups in total. The average molecular weight is 250 g/mol. The first kappa shape index (κ1) is 13.3. The van der Waals surface area contributed by atoms with E-state index in [0.717, 1.165) is 38.3 Å². The van der Waals surface area contributed by atoms with Crippen molar-refractivity contribution in [3.8, 4) is 0 Å². The zero-order valence-corrected chi connectivity index (χ0v) is 10.9. The molecule has 0 bridgehead atoms. The van der Waals surface area contributed by atoms with Crippen LogP contribution in [0.5, 0.6) is 0 Å². The summed E-state index contributed by atoms with van der Waals surface area (Å²) in [5, 5.41) is 9.12. The van der Waals surface area contributed by atoms with Crippen LogP contribution in [0.15, 0.2) is 18.2 Å². The van der Waals surface area contributed by atoms with Crippen LogP contribution < -0.4 is 10.6 Å². The standard InChI is InChI=1S/C14H22N2O2/c1-2-11-9-12(13(15)10-17)3-4-14(11)16-5-7-18-8-6-16/h3-4,9,13,17H,2,5-8,10,15H2,1H3/t13-/m0/s1. The molecule has 0 unspecified atom stereocenters. The largest absolute Gasteiger partial charge is 0.394 e. The van der Waals surface area contributed by atoms with Crippen molar-refractivity contribution in [2.24, 2.45) is 5.73 Å². The van der Waals surface area contributed by atoms with Gasteiger partial charge in [0.1, 0.15) is 0 Å². The number of aryl methyl sites for hydroxylation is 1. The first-order valence-electron chi connectivity index (χ1n) is 6.58. The van der Waals surface area contributed by atoms with Gasteiger partial charge < -0.3 is 20.5 Å². The fourth-order valence-corrected chi connectivity index (χ4v) is 2.34. The minimum Gasteiger partial charge on any atom is -0.394 e. The third-order valence-corrected chi connectivity index (χ3v) is 3.46. The molecule has 1 atom stereocenters. The molecule has 1 aliphatic heterocycles. The SMILES string of the molecule is CCc1cc([C@@H](N)CO)ccc1N1CCOCC1. The Morgan fingerprint density at radius 2 is 2.11 bits per heavy atom. The summed E-state index contributed by atoms with van der Waals surface area (Å²) < 4.78 is 5.38. The summed E-state index contributed by atoms with van der Waals surface area (Å²) in [6.07, 6.45) is 0.971. The van der Waals surface area contributed by atoms with E-state index < -0.39 is 0 Å². The van der Waals surface area contributed by atoms with Gasteiger partial charge in [-0.1, -0.05) is 19.1 Å². The predicted molar refractivity (Wildman–Crippen MR) is 72.9 cm³/mol. The zero-order chi connectivity index (χ0) is 13.0. The highest BCUT2D eigenvalue weighted by Crippen LogP contribution is 2.25. The Labute approximate surface area is 108 Å². The highest BCUT2D eigenvalue weighted by atomic mass is 16.5. The maximum Gasteiger partial charge on any atom is 0.0642 e. The number of aliphatic hydroxyl groups is 1. The molecule has 0 aromatic heterocycles. The summed E-state index contributed by atoms with van der Waals surface area (Å²) in [5.74, 6) is 0. The Hall–Kier alpha value is -1.10. The fraction of sp³-hybridized carbons (Fsp3) is 0.571. The van der Waals surface area contributed by atoms with Crippen molar-refractivity contribution in [1.82, 2.24) is 0 Å². The Morgan fingerprint density at radius 3 is 2.72 bits per heavy atom. The molecule has 4 nitrogen and oxygen atoms in total. The topological polar surface area (TPSA) is 58.7 Å². The van der Waals surface area contributed by atoms with E-state index in [1.54, 1.807) is 0 Å². The summed E-state index contributed by atoms with van der Waals surface area (Å²) in [4.78, 5) is 2.36. The summed E-state index contributed by atoms with van der Waals surface area (Å²) >= 11 is 0. The third-order valence-electron chi connectivity index (χ3n) is 3.46. The third kappa shape index (κ3) is 2.83. The maximum atomic E-state index is 9.12. The number of nitrogens with zero attached hydrogens (tertiary/aromatic N) is 1.